The highest BCUT2D eigenvalue weighted by atomic mass is 35.5. The minimum Gasteiger partial charge on any atom is -0.496 e. The second-order valence-electron chi connectivity index (χ2n) is 2.52. The molecule has 0 amide bonds. The van der Waals surface area contributed by atoms with Gasteiger partial charge in [0.1, 0.15) is 5.75 Å². The average molecular weight is 231 g/mol. The number of benzene rings is 1. The largest absolute Gasteiger partial charge is 0.496 e. The van der Waals surface area contributed by atoms with Gasteiger partial charge in [-0.2, -0.15) is 0 Å². The molecule has 14 heavy (non-hydrogen) atoms. The van der Waals surface area contributed by atoms with Gasteiger partial charge in [0.15, 0.2) is 0 Å². The second-order valence-corrected chi connectivity index (χ2v) is 3.33. The Bertz CT molecular complexity index is 372. The Morgan fingerprint density at radius 2 is 2.21 bits per heavy atom. The summed E-state index contributed by atoms with van der Waals surface area (Å²) in [6.07, 6.45) is 2.80. The molecule has 0 spiro atoms. The minimum absolute atomic E-state index is 0.535. The van der Waals surface area contributed by atoms with Crippen LogP contribution < -0.4 is 4.74 Å². The Hall–Kier alpha value is -0.990. The average Bonchev–Trinajstić information content (AvgIpc) is 2.15. The number of allylic oxidation sites excluding steroid dienone is 1. The van der Waals surface area contributed by atoms with E-state index in [1.165, 1.54) is 6.08 Å². The first-order valence-electron chi connectivity index (χ1n) is 3.84. The zero-order valence-corrected chi connectivity index (χ0v) is 8.97. The van der Waals surface area contributed by atoms with Gasteiger partial charge in [-0.3, -0.25) is 4.79 Å². The highest BCUT2D eigenvalue weighted by molar-refractivity contribution is 6.66. The lowest BCUT2D eigenvalue weighted by Crippen LogP contribution is -1.87. The molecule has 0 heterocycles. The van der Waals surface area contributed by atoms with Crippen LogP contribution in [0.25, 0.3) is 6.08 Å². The number of halogens is 2. The summed E-state index contributed by atoms with van der Waals surface area (Å²) in [6, 6.07) is 5.12. The van der Waals surface area contributed by atoms with Crippen LogP contribution in [-0.2, 0) is 4.79 Å². The van der Waals surface area contributed by atoms with Crippen molar-refractivity contribution in [2.45, 2.75) is 0 Å². The van der Waals surface area contributed by atoms with Crippen LogP contribution in [0.1, 0.15) is 5.56 Å². The van der Waals surface area contributed by atoms with Crippen LogP contribution in [0.3, 0.4) is 0 Å². The fraction of sp³-hybridized carbons (Fsp3) is 0.100. The van der Waals surface area contributed by atoms with Gasteiger partial charge >= 0.3 is 0 Å². The number of carbonyl (C=O) groups is 1. The molecule has 74 valence electrons. The molecule has 0 unspecified atom stereocenters. The van der Waals surface area contributed by atoms with Crippen LogP contribution in [0.2, 0.25) is 5.02 Å². The fourth-order valence-corrected chi connectivity index (χ4v) is 1.23. The third-order valence-corrected chi connectivity index (χ3v) is 1.95. The first kappa shape index (κ1) is 11.1. The monoisotopic (exact) mass is 230 g/mol. The molecule has 2 nitrogen and oxygen atoms in total. The Kier molecular flexibility index (Phi) is 3.98. The third-order valence-electron chi connectivity index (χ3n) is 1.59. The molecule has 1 aromatic rings. The Balaban J connectivity index is 3.04. The van der Waals surface area contributed by atoms with Gasteiger partial charge in [0.05, 0.1) is 7.11 Å². The fourth-order valence-electron chi connectivity index (χ4n) is 0.991. The predicted molar refractivity (Wildman–Crippen MR) is 57.9 cm³/mol. The summed E-state index contributed by atoms with van der Waals surface area (Å²) in [5.41, 5.74) is 0.717. The zero-order chi connectivity index (χ0) is 10.6. The van der Waals surface area contributed by atoms with Crippen molar-refractivity contribution in [1.82, 2.24) is 0 Å². The van der Waals surface area contributed by atoms with Crippen molar-refractivity contribution in [3.63, 3.8) is 0 Å². The van der Waals surface area contributed by atoms with Crippen molar-refractivity contribution in [2.75, 3.05) is 7.11 Å². The van der Waals surface area contributed by atoms with Gasteiger partial charge in [-0.25, -0.2) is 0 Å². The van der Waals surface area contributed by atoms with E-state index in [9.17, 15) is 4.79 Å². The van der Waals surface area contributed by atoms with E-state index in [0.29, 0.717) is 16.3 Å². The maximum atomic E-state index is 10.5. The van der Waals surface area contributed by atoms with Crippen LogP contribution in [0.4, 0.5) is 0 Å². The topological polar surface area (TPSA) is 26.3 Å². The van der Waals surface area contributed by atoms with Crippen LogP contribution >= 0.6 is 23.2 Å². The Morgan fingerprint density at radius 1 is 1.50 bits per heavy atom. The molecule has 0 aliphatic heterocycles. The first-order valence-corrected chi connectivity index (χ1v) is 4.60. The molecule has 0 aliphatic rings. The molecule has 0 radical (unpaired) electrons. The molecule has 1 aromatic carbocycles. The highest BCUT2D eigenvalue weighted by Gasteiger charge is 2.00. The summed E-state index contributed by atoms with van der Waals surface area (Å²) in [5, 5.41) is 0.0412. The smallest absolute Gasteiger partial charge is 0.245 e. The second kappa shape index (κ2) is 5.03. The molecule has 0 fully saturated rings. The number of ether oxygens (including phenoxy) is 1. The van der Waals surface area contributed by atoms with Crippen molar-refractivity contribution < 1.29 is 9.53 Å². The molecule has 0 saturated carbocycles. The van der Waals surface area contributed by atoms with Crippen LogP contribution in [-0.4, -0.2) is 12.4 Å². The van der Waals surface area contributed by atoms with Crippen molar-refractivity contribution in [1.29, 1.82) is 0 Å². The molecular weight excluding hydrogens is 223 g/mol. The van der Waals surface area contributed by atoms with Crippen LogP contribution in [0.15, 0.2) is 24.3 Å². The Morgan fingerprint density at radius 3 is 2.79 bits per heavy atom. The van der Waals surface area contributed by atoms with Gasteiger partial charge in [-0.05, 0) is 42.0 Å². The van der Waals surface area contributed by atoms with Crippen LogP contribution in [0.5, 0.6) is 5.75 Å². The van der Waals surface area contributed by atoms with Crippen molar-refractivity contribution in [2.24, 2.45) is 0 Å². The number of methoxy groups -OCH3 is 1. The zero-order valence-electron chi connectivity index (χ0n) is 7.46. The van der Waals surface area contributed by atoms with E-state index in [4.69, 9.17) is 27.9 Å². The summed E-state index contributed by atoms with van der Waals surface area (Å²) in [7, 11) is 1.54. The van der Waals surface area contributed by atoms with Gasteiger partial charge in [0.25, 0.3) is 0 Å². The van der Waals surface area contributed by atoms with E-state index in [-0.39, 0.29) is 0 Å². The van der Waals surface area contributed by atoms with Gasteiger partial charge in [-0.1, -0.05) is 11.6 Å². The van der Waals surface area contributed by atoms with Gasteiger partial charge in [0.2, 0.25) is 5.24 Å². The van der Waals surface area contributed by atoms with Crippen molar-refractivity contribution >= 4 is 34.5 Å². The van der Waals surface area contributed by atoms with Gasteiger partial charge in [-0.15, -0.1) is 0 Å². The van der Waals surface area contributed by atoms with Crippen LogP contribution in [0, 0.1) is 0 Å². The normalized spacial score (nSPS) is 10.5. The number of rotatable bonds is 3. The highest BCUT2D eigenvalue weighted by Crippen LogP contribution is 2.23. The summed E-state index contributed by atoms with van der Waals surface area (Å²) < 4.78 is 5.07. The predicted octanol–water partition coefficient (Wildman–Crippen LogP) is 3.13. The standard InChI is InChI=1S/C10H8Cl2O2/c1-14-9-4-3-8(11)6-7(9)2-5-10(12)13/h2-6H,1H3/b5-2+. The Labute approximate surface area is 92.1 Å². The molecule has 0 aliphatic carbocycles. The summed E-state index contributed by atoms with van der Waals surface area (Å²) in [5.74, 6) is 0.642. The lowest BCUT2D eigenvalue weighted by Gasteiger charge is -2.04. The van der Waals surface area contributed by atoms with Crippen molar-refractivity contribution in [3.05, 3.63) is 34.9 Å². The van der Waals surface area contributed by atoms with Crippen molar-refractivity contribution in [3.8, 4) is 5.75 Å². The van der Waals surface area contributed by atoms with E-state index < -0.39 is 5.24 Å². The SMILES string of the molecule is COc1ccc(Cl)cc1/C=C/C(=O)Cl. The van der Waals surface area contributed by atoms with E-state index in [2.05, 4.69) is 0 Å². The number of carbonyl (C=O) groups excluding carboxylic acids is 1. The molecule has 0 atom stereocenters. The first-order chi connectivity index (χ1) is 6.63. The van der Waals surface area contributed by atoms with Gasteiger partial charge < -0.3 is 4.74 Å². The minimum atomic E-state index is -0.535. The summed E-state index contributed by atoms with van der Waals surface area (Å²) >= 11 is 10.9. The summed E-state index contributed by atoms with van der Waals surface area (Å²) in [4.78, 5) is 10.5. The van der Waals surface area contributed by atoms with E-state index >= 15 is 0 Å². The molecule has 0 bridgehead atoms. The number of hydrogen-bond donors (Lipinski definition) is 0. The lowest BCUT2D eigenvalue weighted by molar-refractivity contribution is -0.107. The lowest BCUT2D eigenvalue weighted by atomic mass is 10.2. The van der Waals surface area contributed by atoms with E-state index in [1.54, 1.807) is 31.4 Å². The molecule has 4 heteroatoms. The summed E-state index contributed by atoms with van der Waals surface area (Å²) in [6.45, 7) is 0. The third kappa shape index (κ3) is 3.05. The van der Waals surface area contributed by atoms with E-state index in [1.807, 2.05) is 0 Å². The quantitative estimate of drug-likeness (QED) is 0.590. The van der Waals surface area contributed by atoms with Gasteiger partial charge in [0, 0.05) is 10.6 Å². The van der Waals surface area contributed by atoms with E-state index in [0.717, 1.165) is 0 Å². The number of hydrogen-bond acceptors (Lipinski definition) is 2. The maximum Gasteiger partial charge on any atom is 0.245 e. The molecule has 0 saturated heterocycles. The molecule has 1 rings (SSSR count). The molecule has 0 aromatic heterocycles. The molecular formula is C10H8Cl2O2. The molecule has 0 N–H and O–H groups in total. The maximum absolute atomic E-state index is 10.5.